The molecule has 1 atom stereocenters. The van der Waals surface area contributed by atoms with Gasteiger partial charge in [-0.15, -0.1) is 11.3 Å². The van der Waals surface area contributed by atoms with Gasteiger partial charge in [-0.1, -0.05) is 0 Å². The molecule has 0 N–H and O–H groups in total. The van der Waals surface area contributed by atoms with Crippen molar-refractivity contribution in [1.29, 1.82) is 0 Å². The van der Waals surface area contributed by atoms with Gasteiger partial charge in [-0.3, -0.25) is 4.79 Å². The van der Waals surface area contributed by atoms with Crippen LogP contribution in [-0.2, 0) is 0 Å². The van der Waals surface area contributed by atoms with Gasteiger partial charge in [0.15, 0.2) is 0 Å². The number of rotatable bonds is 3. The summed E-state index contributed by atoms with van der Waals surface area (Å²) in [5.74, 6) is 0.202. The third-order valence-corrected chi connectivity index (χ3v) is 4.82. The molecule has 0 saturated carbocycles. The molecule has 2 rings (SSSR count). The molecular formula is C12H17IN2OS. The summed E-state index contributed by atoms with van der Waals surface area (Å²) >= 11 is 3.90. The number of halogens is 1. The number of likely N-dealkylation sites (N-methyl/N-ethyl adjacent to an activating group) is 1. The van der Waals surface area contributed by atoms with Crippen LogP contribution in [0.4, 0.5) is 0 Å². The van der Waals surface area contributed by atoms with Gasteiger partial charge in [0.25, 0.3) is 5.91 Å². The summed E-state index contributed by atoms with van der Waals surface area (Å²) in [6, 6.07) is 2.37. The van der Waals surface area contributed by atoms with Crippen molar-refractivity contribution in [3.63, 3.8) is 0 Å². The van der Waals surface area contributed by atoms with E-state index >= 15 is 0 Å². The molecule has 1 saturated heterocycles. The summed E-state index contributed by atoms with van der Waals surface area (Å²) in [6.45, 7) is 1.87. The molecule has 3 nitrogen and oxygen atoms in total. The zero-order chi connectivity index (χ0) is 12.4. The SMILES string of the molecule is CN(C)CC1CCCN1C(=O)c1csc(I)c1. The average molecular weight is 364 g/mol. The Hall–Kier alpha value is -0.140. The maximum atomic E-state index is 12.4. The molecule has 17 heavy (non-hydrogen) atoms. The van der Waals surface area contributed by atoms with Gasteiger partial charge in [-0.25, -0.2) is 0 Å². The molecule has 0 aliphatic carbocycles. The van der Waals surface area contributed by atoms with Crippen molar-refractivity contribution in [2.24, 2.45) is 0 Å². The molecular weight excluding hydrogens is 347 g/mol. The Bertz CT molecular complexity index is 405. The fraction of sp³-hybridized carbons (Fsp3) is 0.583. The van der Waals surface area contributed by atoms with Crippen LogP contribution in [0, 0.1) is 2.88 Å². The Morgan fingerprint density at radius 3 is 3.00 bits per heavy atom. The largest absolute Gasteiger partial charge is 0.334 e. The highest BCUT2D eigenvalue weighted by molar-refractivity contribution is 14.1. The van der Waals surface area contributed by atoms with Crippen LogP contribution in [0.1, 0.15) is 23.2 Å². The molecule has 94 valence electrons. The maximum absolute atomic E-state index is 12.4. The fourth-order valence-corrected chi connectivity index (χ4v) is 3.62. The smallest absolute Gasteiger partial charge is 0.255 e. The lowest BCUT2D eigenvalue weighted by Crippen LogP contribution is -2.41. The summed E-state index contributed by atoms with van der Waals surface area (Å²) in [7, 11) is 4.13. The minimum absolute atomic E-state index is 0.202. The number of carbonyl (C=O) groups is 1. The second-order valence-corrected chi connectivity index (χ2v) is 7.50. The van der Waals surface area contributed by atoms with Gasteiger partial charge in [-0.05, 0) is 55.6 Å². The summed E-state index contributed by atoms with van der Waals surface area (Å²) in [4.78, 5) is 16.6. The first-order valence-electron chi connectivity index (χ1n) is 5.77. The van der Waals surface area contributed by atoms with E-state index in [9.17, 15) is 4.79 Å². The molecule has 5 heteroatoms. The first-order chi connectivity index (χ1) is 8.08. The Morgan fingerprint density at radius 2 is 2.41 bits per heavy atom. The van der Waals surface area contributed by atoms with Gasteiger partial charge in [0.1, 0.15) is 0 Å². The van der Waals surface area contributed by atoms with E-state index in [-0.39, 0.29) is 5.91 Å². The second kappa shape index (κ2) is 5.67. The normalized spacial score (nSPS) is 20.2. The molecule has 0 aromatic carbocycles. The van der Waals surface area contributed by atoms with Gasteiger partial charge >= 0.3 is 0 Å². The van der Waals surface area contributed by atoms with E-state index in [0.717, 1.165) is 31.5 Å². The summed E-state index contributed by atoms with van der Waals surface area (Å²) < 4.78 is 1.18. The van der Waals surface area contributed by atoms with Crippen LogP contribution in [0.3, 0.4) is 0 Å². The average Bonchev–Trinajstić information content (AvgIpc) is 2.85. The van der Waals surface area contributed by atoms with Crippen molar-refractivity contribution in [3.8, 4) is 0 Å². The molecule has 1 amide bonds. The third-order valence-electron chi connectivity index (χ3n) is 3.03. The lowest BCUT2D eigenvalue weighted by molar-refractivity contribution is 0.0717. The highest BCUT2D eigenvalue weighted by Gasteiger charge is 2.29. The molecule has 2 heterocycles. The number of amides is 1. The van der Waals surface area contributed by atoms with E-state index in [1.165, 1.54) is 2.88 Å². The monoisotopic (exact) mass is 364 g/mol. The third kappa shape index (κ3) is 3.20. The highest BCUT2D eigenvalue weighted by Crippen LogP contribution is 2.23. The van der Waals surface area contributed by atoms with Crippen LogP contribution >= 0.6 is 33.9 Å². The minimum Gasteiger partial charge on any atom is -0.334 e. The van der Waals surface area contributed by atoms with Crippen LogP contribution < -0.4 is 0 Å². The van der Waals surface area contributed by atoms with Crippen LogP contribution in [0.15, 0.2) is 11.4 Å². The Labute approximate surface area is 120 Å². The first-order valence-corrected chi connectivity index (χ1v) is 7.73. The maximum Gasteiger partial charge on any atom is 0.255 e. The number of thiophene rings is 1. The van der Waals surface area contributed by atoms with Crippen LogP contribution in [0.5, 0.6) is 0 Å². The quantitative estimate of drug-likeness (QED) is 0.770. The van der Waals surface area contributed by atoms with E-state index in [1.54, 1.807) is 11.3 Å². The van der Waals surface area contributed by atoms with Crippen LogP contribution in [0.2, 0.25) is 0 Å². The number of hydrogen-bond donors (Lipinski definition) is 0. The van der Waals surface area contributed by atoms with Crippen LogP contribution in [0.25, 0.3) is 0 Å². The van der Waals surface area contributed by atoms with Crippen molar-refractivity contribution in [3.05, 3.63) is 19.9 Å². The summed E-state index contributed by atoms with van der Waals surface area (Å²) in [5.41, 5.74) is 0.852. The van der Waals surface area contributed by atoms with Crippen molar-refractivity contribution >= 4 is 39.8 Å². The van der Waals surface area contributed by atoms with Crippen molar-refractivity contribution < 1.29 is 4.79 Å². The summed E-state index contributed by atoms with van der Waals surface area (Å²) in [5, 5.41) is 1.97. The van der Waals surface area contributed by atoms with E-state index in [0.29, 0.717) is 6.04 Å². The van der Waals surface area contributed by atoms with Crippen molar-refractivity contribution in [2.75, 3.05) is 27.2 Å². The van der Waals surface area contributed by atoms with Gasteiger partial charge < -0.3 is 9.80 Å². The van der Waals surface area contributed by atoms with E-state index in [2.05, 4.69) is 41.6 Å². The van der Waals surface area contributed by atoms with Gasteiger partial charge in [0, 0.05) is 24.5 Å². The van der Waals surface area contributed by atoms with Crippen LogP contribution in [-0.4, -0.2) is 48.9 Å². The Kier molecular flexibility index (Phi) is 4.43. The van der Waals surface area contributed by atoms with Crippen molar-refractivity contribution in [1.82, 2.24) is 9.80 Å². The van der Waals surface area contributed by atoms with E-state index in [4.69, 9.17) is 0 Å². The molecule has 1 aromatic rings. The predicted molar refractivity (Wildman–Crippen MR) is 79.6 cm³/mol. The number of nitrogens with zero attached hydrogens (tertiary/aromatic N) is 2. The Morgan fingerprint density at radius 1 is 1.65 bits per heavy atom. The molecule has 1 unspecified atom stereocenters. The van der Waals surface area contributed by atoms with E-state index in [1.807, 2.05) is 16.3 Å². The number of hydrogen-bond acceptors (Lipinski definition) is 3. The van der Waals surface area contributed by atoms with Gasteiger partial charge in [0.05, 0.1) is 8.45 Å². The summed E-state index contributed by atoms with van der Waals surface area (Å²) in [6.07, 6.45) is 2.26. The second-order valence-electron chi connectivity index (χ2n) is 4.70. The van der Waals surface area contributed by atoms with Crippen molar-refractivity contribution in [2.45, 2.75) is 18.9 Å². The molecule has 0 bridgehead atoms. The lowest BCUT2D eigenvalue weighted by Gasteiger charge is -2.26. The zero-order valence-electron chi connectivity index (χ0n) is 10.1. The molecule has 1 fully saturated rings. The predicted octanol–water partition coefficient (Wildman–Crippen LogP) is 2.52. The van der Waals surface area contributed by atoms with E-state index < -0.39 is 0 Å². The van der Waals surface area contributed by atoms with Gasteiger partial charge in [-0.2, -0.15) is 0 Å². The first kappa shape index (κ1) is 13.3. The number of carbonyl (C=O) groups excluding carboxylic acids is 1. The zero-order valence-corrected chi connectivity index (χ0v) is 13.1. The highest BCUT2D eigenvalue weighted by atomic mass is 127. The molecule has 1 aliphatic heterocycles. The standard InChI is InChI=1S/C12H17IN2OS/c1-14(2)7-10-4-3-5-15(10)12(16)9-6-11(13)17-8-9/h6,8,10H,3-5,7H2,1-2H3. The topological polar surface area (TPSA) is 23.6 Å². The Balaban J connectivity index is 2.08. The molecule has 1 aliphatic rings. The minimum atomic E-state index is 0.202. The molecule has 1 aromatic heterocycles. The molecule has 0 radical (unpaired) electrons. The lowest BCUT2D eigenvalue weighted by atomic mass is 10.2. The molecule has 0 spiro atoms. The van der Waals surface area contributed by atoms with Gasteiger partial charge in [0.2, 0.25) is 0 Å². The number of likely N-dealkylation sites (tertiary alicyclic amines) is 1. The fourth-order valence-electron chi connectivity index (χ4n) is 2.30.